The number of amides is 2. The van der Waals surface area contributed by atoms with Gasteiger partial charge in [0.05, 0.1) is 5.71 Å². The molecule has 2 amide bonds. The minimum atomic E-state index is -0.306. The Morgan fingerprint density at radius 1 is 1.00 bits per heavy atom. The Morgan fingerprint density at radius 3 is 2.31 bits per heavy atom. The van der Waals surface area contributed by atoms with Gasteiger partial charge in [-0.05, 0) is 50.1 Å². The molecule has 2 rings (SSSR count). The van der Waals surface area contributed by atoms with Crippen molar-refractivity contribution in [2.75, 3.05) is 5.32 Å². The van der Waals surface area contributed by atoms with Crippen LogP contribution in [0, 0.1) is 13.8 Å². The SMILES string of the molecule is CC(=NNC(=O)CCC(=O)Nc1ccc(Cl)cc1C)c1ccc(C)cc1. The number of benzene rings is 2. The van der Waals surface area contributed by atoms with Crippen LogP contribution in [-0.4, -0.2) is 17.5 Å². The summed E-state index contributed by atoms with van der Waals surface area (Å²) < 4.78 is 0. The average molecular weight is 372 g/mol. The van der Waals surface area contributed by atoms with Gasteiger partial charge >= 0.3 is 0 Å². The summed E-state index contributed by atoms with van der Waals surface area (Å²) >= 11 is 5.89. The van der Waals surface area contributed by atoms with Gasteiger partial charge in [0.1, 0.15) is 0 Å². The van der Waals surface area contributed by atoms with E-state index in [1.807, 2.05) is 45.0 Å². The number of nitrogens with zero attached hydrogens (tertiary/aromatic N) is 1. The predicted octanol–water partition coefficient (Wildman–Crippen LogP) is 4.22. The van der Waals surface area contributed by atoms with Gasteiger partial charge in [-0.2, -0.15) is 5.10 Å². The van der Waals surface area contributed by atoms with Crippen molar-refractivity contribution in [1.82, 2.24) is 5.43 Å². The topological polar surface area (TPSA) is 70.6 Å². The number of halogens is 1. The van der Waals surface area contributed by atoms with Gasteiger partial charge in [0.25, 0.3) is 0 Å². The Hall–Kier alpha value is -2.66. The first-order chi connectivity index (χ1) is 12.3. The molecule has 2 aromatic rings. The van der Waals surface area contributed by atoms with E-state index in [0.717, 1.165) is 16.7 Å². The van der Waals surface area contributed by atoms with Gasteiger partial charge in [-0.3, -0.25) is 9.59 Å². The molecule has 136 valence electrons. The molecule has 0 spiro atoms. The quantitative estimate of drug-likeness (QED) is 0.589. The first-order valence-electron chi connectivity index (χ1n) is 8.31. The molecular formula is C20H22ClN3O2. The van der Waals surface area contributed by atoms with Gasteiger partial charge < -0.3 is 5.32 Å². The summed E-state index contributed by atoms with van der Waals surface area (Å²) in [6, 6.07) is 13.1. The van der Waals surface area contributed by atoms with Gasteiger partial charge in [0, 0.05) is 23.6 Å². The molecule has 0 unspecified atom stereocenters. The van der Waals surface area contributed by atoms with E-state index in [9.17, 15) is 9.59 Å². The van der Waals surface area contributed by atoms with E-state index in [1.54, 1.807) is 18.2 Å². The lowest BCUT2D eigenvalue weighted by Crippen LogP contribution is -2.22. The van der Waals surface area contributed by atoms with Crippen LogP contribution in [-0.2, 0) is 9.59 Å². The van der Waals surface area contributed by atoms with Gasteiger partial charge in [-0.15, -0.1) is 0 Å². The van der Waals surface area contributed by atoms with Gasteiger partial charge in [0.15, 0.2) is 0 Å². The molecule has 6 heteroatoms. The van der Waals surface area contributed by atoms with Crippen molar-refractivity contribution in [2.45, 2.75) is 33.6 Å². The molecule has 0 atom stereocenters. The summed E-state index contributed by atoms with van der Waals surface area (Å²) in [4.78, 5) is 23.9. The number of hydrogen-bond acceptors (Lipinski definition) is 3. The van der Waals surface area contributed by atoms with E-state index in [1.165, 1.54) is 0 Å². The van der Waals surface area contributed by atoms with E-state index in [0.29, 0.717) is 16.4 Å². The smallest absolute Gasteiger partial charge is 0.240 e. The fourth-order valence-corrected chi connectivity index (χ4v) is 2.50. The number of anilines is 1. The molecule has 0 fully saturated rings. The third-order valence-corrected chi connectivity index (χ3v) is 4.09. The van der Waals surface area contributed by atoms with Crippen molar-refractivity contribution in [3.63, 3.8) is 0 Å². The molecule has 0 saturated carbocycles. The second-order valence-corrected chi connectivity index (χ2v) is 6.54. The highest BCUT2D eigenvalue weighted by molar-refractivity contribution is 6.30. The molecule has 0 bridgehead atoms. The number of hydrogen-bond donors (Lipinski definition) is 2. The van der Waals surface area contributed by atoms with Crippen molar-refractivity contribution >= 4 is 34.8 Å². The van der Waals surface area contributed by atoms with Crippen LogP contribution >= 0.6 is 11.6 Å². The summed E-state index contributed by atoms with van der Waals surface area (Å²) in [5, 5.41) is 7.47. The summed E-state index contributed by atoms with van der Waals surface area (Å²) in [6.45, 7) is 5.69. The number of hydrazone groups is 1. The first-order valence-corrected chi connectivity index (χ1v) is 8.69. The lowest BCUT2D eigenvalue weighted by atomic mass is 10.1. The van der Waals surface area contributed by atoms with Crippen molar-refractivity contribution in [3.05, 3.63) is 64.2 Å². The standard InChI is InChI=1S/C20H22ClN3O2/c1-13-4-6-16(7-5-13)15(3)23-24-20(26)11-10-19(25)22-18-9-8-17(21)12-14(18)2/h4-9,12H,10-11H2,1-3H3,(H,22,25)(H,24,26). The van der Waals surface area contributed by atoms with Crippen molar-refractivity contribution in [1.29, 1.82) is 0 Å². The molecule has 0 heterocycles. The Balaban J connectivity index is 1.81. The second kappa shape index (κ2) is 9.15. The van der Waals surface area contributed by atoms with E-state index < -0.39 is 0 Å². The largest absolute Gasteiger partial charge is 0.326 e. The summed E-state index contributed by atoms with van der Waals surface area (Å²) in [7, 11) is 0. The number of aryl methyl sites for hydroxylation is 2. The van der Waals surface area contributed by atoms with Gasteiger partial charge in [-0.1, -0.05) is 41.4 Å². The van der Waals surface area contributed by atoms with E-state index in [4.69, 9.17) is 11.6 Å². The van der Waals surface area contributed by atoms with E-state index in [2.05, 4.69) is 15.8 Å². The van der Waals surface area contributed by atoms with Crippen molar-refractivity contribution < 1.29 is 9.59 Å². The molecule has 2 N–H and O–H groups in total. The molecule has 0 aliphatic heterocycles. The Labute approximate surface area is 158 Å². The maximum atomic E-state index is 12.0. The van der Waals surface area contributed by atoms with Crippen LogP contribution in [0.1, 0.15) is 36.5 Å². The van der Waals surface area contributed by atoms with Crippen LogP contribution in [0.3, 0.4) is 0 Å². The van der Waals surface area contributed by atoms with E-state index >= 15 is 0 Å². The second-order valence-electron chi connectivity index (χ2n) is 6.11. The molecule has 0 radical (unpaired) electrons. The minimum absolute atomic E-state index is 0.0587. The highest BCUT2D eigenvalue weighted by Crippen LogP contribution is 2.19. The molecule has 0 aromatic heterocycles. The first kappa shape index (κ1) is 19.7. The molecular weight excluding hydrogens is 350 g/mol. The van der Waals surface area contributed by atoms with Crippen LogP contribution in [0.5, 0.6) is 0 Å². The fourth-order valence-electron chi connectivity index (χ4n) is 2.27. The Kier molecular flexibility index (Phi) is 6.92. The zero-order valence-corrected chi connectivity index (χ0v) is 15.9. The molecule has 0 aliphatic carbocycles. The molecule has 0 aliphatic rings. The summed E-state index contributed by atoms with van der Waals surface area (Å²) in [6.07, 6.45) is 0.135. The Morgan fingerprint density at radius 2 is 1.65 bits per heavy atom. The zero-order chi connectivity index (χ0) is 19.1. The van der Waals surface area contributed by atoms with Gasteiger partial charge in [-0.25, -0.2) is 5.43 Å². The number of rotatable bonds is 6. The highest BCUT2D eigenvalue weighted by Gasteiger charge is 2.09. The molecule has 26 heavy (non-hydrogen) atoms. The predicted molar refractivity (Wildman–Crippen MR) is 106 cm³/mol. The van der Waals surface area contributed by atoms with Crippen LogP contribution < -0.4 is 10.7 Å². The third-order valence-electron chi connectivity index (χ3n) is 3.86. The van der Waals surface area contributed by atoms with Crippen LogP contribution in [0.4, 0.5) is 5.69 Å². The average Bonchev–Trinajstić information content (AvgIpc) is 2.61. The monoisotopic (exact) mass is 371 g/mol. The summed E-state index contributed by atoms with van der Waals surface area (Å²) in [5.41, 5.74) is 6.85. The van der Waals surface area contributed by atoms with Crippen LogP contribution in [0.2, 0.25) is 5.02 Å². The van der Waals surface area contributed by atoms with Gasteiger partial charge in [0.2, 0.25) is 11.8 Å². The zero-order valence-electron chi connectivity index (χ0n) is 15.1. The summed E-state index contributed by atoms with van der Waals surface area (Å²) in [5.74, 6) is -0.538. The normalized spacial score (nSPS) is 11.2. The maximum absolute atomic E-state index is 12.0. The fraction of sp³-hybridized carbons (Fsp3) is 0.250. The number of carbonyl (C=O) groups excluding carboxylic acids is 2. The lowest BCUT2D eigenvalue weighted by molar-refractivity contribution is -0.124. The molecule has 2 aromatic carbocycles. The van der Waals surface area contributed by atoms with E-state index in [-0.39, 0.29) is 24.7 Å². The number of nitrogens with one attached hydrogen (secondary N) is 2. The third kappa shape index (κ3) is 6.01. The molecule has 5 nitrogen and oxygen atoms in total. The highest BCUT2D eigenvalue weighted by atomic mass is 35.5. The van der Waals surface area contributed by atoms with Crippen molar-refractivity contribution in [3.8, 4) is 0 Å². The van der Waals surface area contributed by atoms with Crippen LogP contribution in [0.25, 0.3) is 0 Å². The molecule has 0 saturated heterocycles. The lowest BCUT2D eigenvalue weighted by Gasteiger charge is -2.08. The van der Waals surface area contributed by atoms with Crippen molar-refractivity contribution in [2.24, 2.45) is 5.10 Å². The maximum Gasteiger partial charge on any atom is 0.240 e. The number of carbonyl (C=O) groups is 2. The Bertz CT molecular complexity index is 829. The van der Waals surface area contributed by atoms with Crippen LogP contribution in [0.15, 0.2) is 47.6 Å². The minimum Gasteiger partial charge on any atom is -0.326 e.